The molecule has 0 fully saturated rings. The van der Waals surface area contributed by atoms with Gasteiger partial charge in [0.15, 0.2) is 0 Å². The standard InChI is InChI=1S/C9H9BrO/c1-6-4-7-2-3-11-9(7)5-8(6)10/h4-5H,2-3H2,1H3. The van der Waals surface area contributed by atoms with Gasteiger partial charge in [-0.15, -0.1) is 0 Å². The largest absolute Gasteiger partial charge is 0.493 e. The fraction of sp³-hybridized carbons (Fsp3) is 0.333. The van der Waals surface area contributed by atoms with Gasteiger partial charge < -0.3 is 4.74 Å². The molecule has 58 valence electrons. The average Bonchev–Trinajstić information content (AvgIpc) is 2.36. The Balaban J connectivity index is 2.57. The first-order valence-electron chi connectivity index (χ1n) is 3.69. The van der Waals surface area contributed by atoms with Crippen molar-refractivity contribution >= 4 is 15.9 Å². The van der Waals surface area contributed by atoms with Crippen molar-refractivity contribution in [2.24, 2.45) is 0 Å². The lowest BCUT2D eigenvalue weighted by Gasteiger charge is -2.01. The number of ether oxygens (including phenoxy) is 1. The lowest BCUT2D eigenvalue weighted by molar-refractivity contribution is 0.356. The minimum atomic E-state index is 0.839. The van der Waals surface area contributed by atoms with E-state index in [0.29, 0.717) is 0 Å². The molecule has 2 rings (SSSR count). The van der Waals surface area contributed by atoms with Crippen LogP contribution in [0.15, 0.2) is 16.6 Å². The van der Waals surface area contributed by atoms with Gasteiger partial charge in [-0.25, -0.2) is 0 Å². The van der Waals surface area contributed by atoms with Gasteiger partial charge in [0, 0.05) is 10.9 Å². The number of halogens is 1. The Bertz CT molecular complexity index is 265. The zero-order valence-corrected chi connectivity index (χ0v) is 7.94. The van der Waals surface area contributed by atoms with E-state index in [9.17, 15) is 0 Å². The highest BCUT2D eigenvalue weighted by atomic mass is 79.9. The predicted octanol–water partition coefficient (Wildman–Crippen LogP) is 2.69. The van der Waals surface area contributed by atoms with Crippen molar-refractivity contribution in [1.29, 1.82) is 0 Å². The molecule has 1 heterocycles. The van der Waals surface area contributed by atoms with Crippen LogP contribution in [0.25, 0.3) is 0 Å². The van der Waals surface area contributed by atoms with Crippen molar-refractivity contribution in [3.05, 3.63) is 27.7 Å². The molecule has 1 nitrogen and oxygen atoms in total. The molecular weight excluding hydrogens is 204 g/mol. The summed E-state index contributed by atoms with van der Waals surface area (Å²) in [7, 11) is 0. The third-order valence-corrected chi connectivity index (χ3v) is 2.83. The van der Waals surface area contributed by atoms with Crippen molar-refractivity contribution in [1.82, 2.24) is 0 Å². The Morgan fingerprint density at radius 3 is 3.09 bits per heavy atom. The van der Waals surface area contributed by atoms with Crippen LogP contribution in [-0.2, 0) is 6.42 Å². The fourth-order valence-corrected chi connectivity index (χ4v) is 1.65. The molecule has 1 aliphatic heterocycles. The summed E-state index contributed by atoms with van der Waals surface area (Å²) in [6.07, 6.45) is 1.06. The van der Waals surface area contributed by atoms with Gasteiger partial charge in [-0.2, -0.15) is 0 Å². The van der Waals surface area contributed by atoms with Crippen LogP contribution in [-0.4, -0.2) is 6.61 Å². The van der Waals surface area contributed by atoms with Crippen LogP contribution in [0.5, 0.6) is 5.75 Å². The van der Waals surface area contributed by atoms with Crippen LogP contribution < -0.4 is 4.74 Å². The van der Waals surface area contributed by atoms with E-state index >= 15 is 0 Å². The quantitative estimate of drug-likeness (QED) is 0.643. The summed E-state index contributed by atoms with van der Waals surface area (Å²) in [5.41, 5.74) is 2.62. The molecule has 0 atom stereocenters. The van der Waals surface area contributed by atoms with E-state index in [4.69, 9.17) is 4.74 Å². The van der Waals surface area contributed by atoms with E-state index in [1.54, 1.807) is 0 Å². The summed E-state index contributed by atoms with van der Waals surface area (Å²) in [6, 6.07) is 4.24. The summed E-state index contributed by atoms with van der Waals surface area (Å²) >= 11 is 3.47. The average molecular weight is 213 g/mol. The number of benzene rings is 1. The minimum Gasteiger partial charge on any atom is -0.493 e. The number of hydrogen-bond donors (Lipinski definition) is 0. The van der Waals surface area contributed by atoms with Crippen LogP contribution in [0.1, 0.15) is 11.1 Å². The van der Waals surface area contributed by atoms with Crippen molar-refractivity contribution < 1.29 is 4.74 Å². The molecule has 0 saturated heterocycles. The second kappa shape index (κ2) is 2.52. The lowest BCUT2D eigenvalue weighted by Crippen LogP contribution is -1.85. The van der Waals surface area contributed by atoms with Crippen LogP contribution in [0.3, 0.4) is 0 Å². The molecule has 0 saturated carbocycles. The van der Waals surface area contributed by atoms with Crippen LogP contribution in [0.2, 0.25) is 0 Å². The normalized spacial score (nSPS) is 14.4. The number of hydrogen-bond acceptors (Lipinski definition) is 1. The Labute approximate surface area is 74.5 Å². The highest BCUT2D eigenvalue weighted by Crippen LogP contribution is 2.30. The topological polar surface area (TPSA) is 9.23 Å². The molecule has 0 bridgehead atoms. The van der Waals surface area contributed by atoms with Gasteiger partial charge in [0.1, 0.15) is 5.75 Å². The molecule has 2 heteroatoms. The molecule has 1 aromatic rings. The Hall–Kier alpha value is -0.500. The molecule has 11 heavy (non-hydrogen) atoms. The molecule has 0 radical (unpaired) electrons. The first-order chi connectivity index (χ1) is 5.27. The van der Waals surface area contributed by atoms with E-state index in [0.717, 1.165) is 23.2 Å². The summed E-state index contributed by atoms with van der Waals surface area (Å²) in [6.45, 7) is 2.94. The number of fused-ring (bicyclic) bond motifs is 1. The van der Waals surface area contributed by atoms with Crippen molar-refractivity contribution in [3.8, 4) is 5.75 Å². The third kappa shape index (κ3) is 1.16. The third-order valence-electron chi connectivity index (χ3n) is 1.97. The minimum absolute atomic E-state index is 0.839. The van der Waals surface area contributed by atoms with Crippen molar-refractivity contribution in [2.75, 3.05) is 6.61 Å². The Kier molecular flexibility index (Phi) is 1.64. The monoisotopic (exact) mass is 212 g/mol. The van der Waals surface area contributed by atoms with Gasteiger partial charge in [-0.1, -0.05) is 22.0 Å². The lowest BCUT2D eigenvalue weighted by atomic mass is 10.1. The number of rotatable bonds is 0. The Morgan fingerprint density at radius 1 is 1.45 bits per heavy atom. The van der Waals surface area contributed by atoms with Gasteiger partial charge in [-0.05, 0) is 24.1 Å². The summed E-state index contributed by atoms with van der Waals surface area (Å²) in [4.78, 5) is 0. The van der Waals surface area contributed by atoms with Gasteiger partial charge >= 0.3 is 0 Å². The Morgan fingerprint density at radius 2 is 2.27 bits per heavy atom. The highest BCUT2D eigenvalue weighted by Gasteiger charge is 2.12. The van der Waals surface area contributed by atoms with Crippen molar-refractivity contribution in [2.45, 2.75) is 13.3 Å². The maximum atomic E-state index is 5.40. The van der Waals surface area contributed by atoms with E-state index in [2.05, 4.69) is 35.0 Å². The maximum Gasteiger partial charge on any atom is 0.123 e. The fourth-order valence-electron chi connectivity index (χ4n) is 1.32. The molecule has 0 spiro atoms. The zero-order valence-electron chi connectivity index (χ0n) is 6.36. The maximum absolute atomic E-state index is 5.40. The molecule has 1 aromatic carbocycles. The van der Waals surface area contributed by atoms with Gasteiger partial charge in [0.25, 0.3) is 0 Å². The van der Waals surface area contributed by atoms with Gasteiger partial charge in [0.05, 0.1) is 6.61 Å². The predicted molar refractivity (Wildman–Crippen MR) is 48.1 cm³/mol. The van der Waals surface area contributed by atoms with Crippen LogP contribution in [0.4, 0.5) is 0 Å². The van der Waals surface area contributed by atoms with E-state index in [1.165, 1.54) is 11.1 Å². The first-order valence-corrected chi connectivity index (χ1v) is 4.48. The van der Waals surface area contributed by atoms with Crippen LogP contribution >= 0.6 is 15.9 Å². The van der Waals surface area contributed by atoms with Gasteiger partial charge in [0.2, 0.25) is 0 Å². The van der Waals surface area contributed by atoms with E-state index < -0.39 is 0 Å². The molecule has 0 N–H and O–H groups in total. The summed E-state index contributed by atoms with van der Waals surface area (Å²) in [5.74, 6) is 1.04. The first kappa shape index (κ1) is 7.17. The molecule has 0 unspecified atom stereocenters. The summed E-state index contributed by atoms with van der Waals surface area (Å²) in [5, 5.41) is 0. The SMILES string of the molecule is Cc1cc2c(cc1Br)OCC2. The van der Waals surface area contributed by atoms with Crippen molar-refractivity contribution in [3.63, 3.8) is 0 Å². The van der Waals surface area contributed by atoms with Gasteiger partial charge in [-0.3, -0.25) is 0 Å². The van der Waals surface area contributed by atoms with E-state index in [1.807, 2.05) is 0 Å². The molecule has 0 amide bonds. The second-order valence-corrected chi connectivity index (χ2v) is 3.66. The molecule has 1 aliphatic rings. The molecular formula is C9H9BrO. The zero-order chi connectivity index (χ0) is 7.84. The second-order valence-electron chi connectivity index (χ2n) is 2.81. The smallest absolute Gasteiger partial charge is 0.123 e. The molecule has 0 aromatic heterocycles. The molecule has 0 aliphatic carbocycles. The summed E-state index contributed by atoms with van der Waals surface area (Å²) < 4.78 is 6.54. The van der Waals surface area contributed by atoms with Crippen LogP contribution in [0, 0.1) is 6.92 Å². The van der Waals surface area contributed by atoms with E-state index in [-0.39, 0.29) is 0 Å². The highest BCUT2D eigenvalue weighted by molar-refractivity contribution is 9.10. The number of aryl methyl sites for hydroxylation is 1.